The molecule has 32 heavy (non-hydrogen) atoms. The summed E-state index contributed by atoms with van der Waals surface area (Å²) in [6, 6.07) is 11.8. The molecule has 1 amide bonds. The van der Waals surface area contributed by atoms with Gasteiger partial charge in [-0.1, -0.05) is 6.07 Å². The number of benzene rings is 2. The SMILES string of the molecule is Cc1ccc(C(=O)Nc2ccc(OCCN3CCOCC3)c(-c3ccnn3C)c2)c(F)c1. The maximum absolute atomic E-state index is 14.2. The number of morpholine rings is 1. The summed E-state index contributed by atoms with van der Waals surface area (Å²) in [5, 5.41) is 7.04. The predicted octanol–water partition coefficient (Wildman–Crippen LogP) is 3.50. The maximum Gasteiger partial charge on any atom is 0.258 e. The van der Waals surface area contributed by atoms with Crippen molar-refractivity contribution >= 4 is 11.6 Å². The Morgan fingerprint density at radius 2 is 2.00 bits per heavy atom. The zero-order valence-corrected chi connectivity index (χ0v) is 18.3. The van der Waals surface area contributed by atoms with Crippen molar-refractivity contribution in [1.82, 2.24) is 14.7 Å². The Morgan fingerprint density at radius 3 is 2.72 bits per heavy atom. The highest BCUT2D eigenvalue weighted by molar-refractivity contribution is 6.04. The summed E-state index contributed by atoms with van der Waals surface area (Å²) in [5.41, 5.74) is 2.96. The number of ether oxygens (including phenoxy) is 2. The molecule has 1 fully saturated rings. The molecule has 1 aromatic heterocycles. The lowest BCUT2D eigenvalue weighted by Crippen LogP contribution is -2.38. The van der Waals surface area contributed by atoms with Gasteiger partial charge in [-0.05, 0) is 48.9 Å². The van der Waals surface area contributed by atoms with Crippen LogP contribution in [0.5, 0.6) is 5.75 Å². The molecule has 1 aliphatic rings. The van der Waals surface area contributed by atoms with Crippen LogP contribution in [0.3, 0.4) is 0 Å². The molecule has 2 heterocycles. The third-order valence-electron chi connectivity index (χ3n) is 5.47. The van der Waals surface area contributed by atoms with Gasteiger partial charge in [0.2, 0.25) is 0 Å². The molecule has 1 N–H and O–H groups in total. The average molecular weight is 439 g/mol. The standard InChI is InChI=1S/C24H27FN4O3/c1-17-3-5-19(21(25)15-17)24(30)27-18-4-6-23(20(16-18)22-7-8-26-28(22)2)32-14-11-29-9-12-31-13-10-29/h3-8,15-16H,9-14H2,1-2H3,(H,27,30). The Kier molecular flexibility index (Phi) is 6.82. The van der Waals surface area contributed by atoms with E-state index >= 15 is 0 Å². The lowest BCUT2D eigenvalue weighted by molar-refractivity contribution is 0.0323. The zero-order chi connectivity index (χ0) is 22.5. The minimum absolute atomic E-state index is 0.00326. The molecule has 2 aromatic carbocycles. The third kappa shape index (κ3) is 5.15. The fraction of sp³-hybridized carbons (Fsp3) is 0.333. The van der Waals surface area contributed by atoms with Gasteiger partial charge in [-0.2, -0.15) is 5.10 Å². The van der Waals surface area contributed by atoms with Gasteiger partial charge in [-0.3, -0.25) is 14.4 Å². The van der Waals surface area contributed by atoms with Crippen LogP contribution in [0.25, 0.3) is 11.3 Å². The summed E-state index contributed by atoms with van der Waals surface area (Å²) < 4.78 is 27.4. The lowest BCUT2D eigenvalue weighted by atomic mass is 10.1. The van der Waals surface area contributed by atoms with Gasteiger partial charge in [0, 0.05) is 44.1 Å². The molecule has 0 unspecified atom stereocenters. The molecule has 0 atom stereocenters. The van der Waals surface area contributed by atoms with Gasteiger partial charge in [0.25, 0.3) is 5.91 Å². The van der Waals surface area contributed by atoms with Crippen LogP contribution in [0, 0.1) is 12.7 Å². The fourth-order valence-electron chi connectivity index (χ4n) is 3.68. The molecule has 0 spiro atoms. The summed E-state index contributed by atoms with van der Waals surface area (Å²) in [6.07, 6.45) is 1.71. The fourth-order valence-corrected chi connectivity index (χ4v) is 3.68. The number of rotatable bonds is 7. The summed E-state index contributed by atoms with van der Waals surface area (Å²) in [4.78, 5) is 14.9. The molecule has 0 saturated carbocycles. The molecular weight excluding hydrogens is 411 g/mol. The average Bonchev–Trinajstić information content (AvgIpc) is 3.21. The smallest absolute Gasteiger partial charge is 0.258 e. The van der Waals surface area contributed by atoms with Crippen molar-refractivity contribution in [1.29, 1.82) is 0 Å². The number of nitrogens with one attached hydrogen (secondary N) is 1. The molecule has 0 bridgehead atoms. The van der Waals surface area contributed by atoms with Gasteiger partial charge < -0.3 is 14.8 Å². The first-order valence-electron chi connectivity index (χ1n) is 10.6. The highest BCUT2D eigenvalue weighted by atomic mass is 19.1. The molecular formula is C24H27FN4O3. The van der Waals surface area contributed by atoms with Gasteiger partial charge in [-0.25, -0.2) is 4.39 Å². The Labute approximate surface area is 186 Å². The van der Waals surface area contributed by atoms with Crippen LogP contribution in [-0.4, -0.2) is 60.0 Å². The van der Waals surface area contributed by atoms with Crippen LogP contribution in [0.2, 0.25) is 0 Å². The Morgan fingerprint density at radius 1 is 1.19 bits per heavy atom. The Hall–Kier alpha value is -3.23. The van der Waals surface area contributed by atoms with E-state index in [1.54, 1.807) is 29.9 Å². The first-order valence-corrected chi connectivity index (χ1v) is 10.6. The summed E-state index contributed by atoms with van der Waals surface area (Å²) in [5.74, 6) is -0.349. The van der Waals surface area contributed by atoms with E-state index in [9.17, 15) is 9.18 Å². The van der Waals surface area contributed by atoms with E-state index in [1.807, 2.05) is 25.2 Å². The summed E-state index contributed by atoms with van der Waals surface area (Å²) >= 11 is 0. The van der Waals surface area contributed by atoms with Crippen LogP contribution in [0.4, 0.5) is 10.1 Å². The molecule has 3 aromatic rings. The van der Waals surface area contributed by atoms with Crippen molar-refractivity contribution in [2.45, 2.75) is 6.92 Å². The predicted molar refractivity (Wildman–Crippen MR) is 120 cm³/mol. The number of anilines is 1. The van der Waals surface area contributed by atoms with Gasteiger partial charge in [0.05, 0.1) is 24.5 Å². The van der Waals surface area contributed by atoms with E-state index in [4.69, 9.17) is 9.47 Å². The van der Waals surface area contributed by atoms with E-state index in [-0.39, 0.29) is 5.56 Å². The topological polar surface area (TPSA) is 68.6 Å². The first-order chi connectivity index (χ1) is 15.5. The van der Waals surface area contributed by atoms with Crippen molar-refractivity contribution in [3.8, 4) is 17.0 Å². The highest BCUT2D eigenvalue weighted by Crippen LogP contribution is 2.32. The second-order valence-electron chi connectivity index (χ2n) is 7.79. The van der Waals surface area contributed by atoms with Gasteiger partial charge >= 0.3 is 0 Å². The van der Waals surface area contributed by atoms with Crippen LogP contribution in [0.15, 0.2) is 48.7 Å². The van der Waals surface area contributed by atoms with Gasteiger partial charge in [-0.15, -0.1) is 0 Å². The molecule has 168 valence electrons. The second kappa shape index (κ2) is 9.93. The van der Waals surface area contributed by atoms with E-state index in [1.165, 1.54) is 12.1 Å². The monoisotopic (exact) mass is 438 g/mol. The van der Waals surface area contributed by atoms with Crippen molar-refractivity contribution in [3.05, 3.63) is 65.6 Å². The van der Waals surface area contributed by atoms with Crippen molar-refractivity contribution < 1.29 is 18.7 Å². The normalized spacial score (nSPS) is 14.3. The van der Waals surface area contributed by atoms with Crippen molar-refractivity contribution in [2.75, 3.05) is 44.8 Å². The molecule has 0 aliphatic carbocycles. The van der Waals surface area contributed by atoms with E-state index in [0.717, 1.165) is 49.7 Å². The molecule has 1 saturated heterocycles. The molecule has 8 heteroatoms. The Bertz CT molecular complexity index is 1090. The van der Waals surface area contributed by atoms with Crippen molar-refractivity contribution in [2.24, 2.45) is 7.05 Å². The lowest BCUT2D eigenvalue weighted by Gasteiger charge is -2.26. The van der Waals surface area contributed by atoms with E-state index in [0.29, 0.717) is 18.0 Å². The number of hydrogen-bond donors (Lipinski definition) is 1. The second-order valence-corrected chi connectivity index (χ2v) is 7.79. The molecule has 1 aliphatic heterocycles. The molecule has 0 radical (unpaired) electrons. The van der Waals surface area contributed by atoms with E-state index in [2.05, 4.69) is 15.3 Å². The number of carbonyl (C=O) groups is 1. The number of halogens is 1. The van der Waals surface area contributed by atoms with Crippen molar-refractivity contribution in [3.63, 3.8) is 0 Å². The highest BCUT2D eigenvalue weighted by Gasteiger charge is 2.16. The minimum Gasteiger partial charge on any atom is -0.492 e. The maximum atomic E-state index is 14.2. The summed E-state index contributed by atoms with van der Waals surface area (Å²) in [6.45, 7) is 6.41. The van der Waals surface area contributed by atoms with Crippen LogP contribution in [0.1, 0.15) is 15.9 Å². The van der Waals surface area contributed by atoms with Crippen LogP contribution < -0.4 is 10.1 Å². The summed E-state index contributed by atoms with van der Waals surface area (Å²) in [7, 11) is 1.85. The number of aryl methyl sites for hydroxylation is 2. The number of nitrogens with zero attached hydrogens (tertiary/aromatic N) is 3. The number of carbonyl (C=O) groups excluding carboxylic acids is 1. The number of amides is 1. The minimum atomic E-state index is -0.544. The Balaban J connectivity index is 1.52. The first kappa shape index (κ1) is 22.0. The number of hydrogen-bond acceptors (Lipinski definition) is 5. The third-order valence-corrected chi connectivity index (χ3v) is 5.47. The zero-order valence-electron chi connectivity index (χ0n) is 18.3. The van der Waals surface area contributed by atoms with Gasteiger partial charge in [0.15, 0.2) is 0 Å². The quantitative estimate of drug-likeness (QED) is 0.612. The van der Waals surface area contributed by atoms with Crippen LogP contribution in [-0.2, 0) is 11.8 Å². The molecule has 4 rings (SSSR count). The largest absolute Gasteiger partial charge is 0.492 e. The van der Waals surface area contributed by atoms with E-state index < -0.39 is 11.7 Å². The van der Waals surface area contributed by atoms with Gasteiger partial charge in [0.1, 0.15) is 18.2 Å². The molecule has 7 nitrogen and oxygen atoms in total. The number of aromatic nitrogens is 2. The van der Waals surface area contributed by atoms with Crippen LogP contribution >= 0.6 is 0 Å².